The summed E-state index contributed by atoms with van der Waals surface area (Å²) >= 11 is 3.24. The first-order valence-electron chi connectivity index (χ1n) is 8.86. The molecule has 0 atom stereocenters. The molecule has 0 aliphatic rings. The van der Waals surface area contributed by atoms with E-state index < -0.39 is 5.82 Å². The zero-order valence-electron chi connectivity index (χ0n) is 16.5. The number of halogens is 2. The van der Waals surface area contributed by atoms with Gasteiger partial charge in [0.2, 0.25) is 18.2 Å². The van der Waals surface area contributed by atoms with Crippen LogP contribution in [0, 0.1) is 5.82 Å². The summed E-state index contributed by atoms with van der Waals surface area (Å²) in [5, 5.41) is 0. The Bertz CT molecular complexity index is 1070. The van der Waals surface area contributed by atoms with E-state index in [-0.39, 0.29) is 5.69 Å². The second kappa shape index (κ2) is 15.1. The average molecular weight is 482 g/mol. The third-order valence-corrected chi connectivity index (χ3v) is 4.00. The molecule has 156 valence electrons. The van der Waals surface area contributed by atoms with Crippen LogP contribution in [0.15, 0.2) is 92.2 Å². The summed E-state index contributed by atoms with van der Waals surface area (Å²) in [7, 11) is 0. The Balaban J connectivity index is 0.000000233. The normalized spacial score (nSPS) is 8.61. The third kappa shape index (κ3) is 10.5. The largest absolute Gasteiger partial charge is 0.240 e. The summed E-state index contributed by atoms with van der Waals surface area (Å²) in [4.78, 5) is 39.6. The van der Waals surface area contributed by atoms with Crippen molar-refractivity contribution in [3.05, 3.63) is 88.6 Å². The molecule has 0 N–H and O–H groups in total. The molecular weight excluding hydrogens is 465 g/mol. The molecule has 0 saturated heterocycles. The van der Waals surface area contributed by atoms with Gasteiger partial charge in [-0.05, 0) is 48.4 Å². The van der Waals surface area contributed by atoms with Crippen molar-refractivity contribution in [1.29, 1.82) is 0 Å². The van der Waals surface area contributed by atoms with E-state index >= 15 is 0 Å². The van der Waals surface area contributed by atoms with Crippen molar-refractivity contribution in [2.45, 2.75) is 13.3 Å². The highest BCUT2D eigenvalue weighted by atomic mass is 79.9. The summed E-state index contributed by atoms with van der Waals surface area (Å²) in [6.45, 7) is 2.03. The summed E-state index contributed by atoms with van der Waals surface area (Å²) in [5.74, 6) is -0.406. The van der Waals surface area contributed by atoms with Crippen LogP contribution < -0.4 is 0 Å². The standard InChI is InChI=1S/C9H9NO.C7H4BrNO.C7H4FNO/c1-2-8-5-3-4-6-9(8)10-7-11;2*8-6-2-1-3-7(4-6)9-5-10/h3-6H,2H2,1H3;2*1-4H. The monoisotopic (exact) mass is 481 g/mol. The minimum absolute atomic E-state index is 0.287. The lowest BCUT2D eigenvalue weighted by Gasteiger charge is -1.97. The molecule has 3 aromatic rings. The topological polar surface area (TPSA) is 88.3 Å². The third-order valence-electron chi connectivity index (χ3n) is 3.50. The molecule has 3 aromatic carbocycles. The molecule has 0 unspecified atom stereocenters. The van der Waals surface area contributed by atoms with E-state index in [9.17, 15) is 18.8 Å². The van der Waals surface area contributed by atoms with Gasteiger partial charge in [0.1, 0.15) is 5.82 Å². The molecule has 0 fully saturated rings. The Labute approximate surface area is 187 Å². The lowest BCUT2D eigenvalue weighted by Crippen LogP contribution is -1.78. The molecule has 3 rings (SSSR count). The maximum Gasteiger partial charge on any atom is 0.240 e. The van der Waals surface area contributed by atoms with Gasteiger partial charge >= 0.3 is 0 Å². The van der Waals surface area contributed by atoms with Crippen molar-refractivity contribution in [3.8, 4) is 0 Å². The smallest absolute Gasteiger partial charge is 0.211 e. The molecule has 8 heteroatoms. The zero-order chi connectivity index (χ0) is 22.9. The van der Waals surface area contributed by atoms with Gasteiger partial charge in [0.05, 0.1) is 17.1 Å². The van der Waals surface area contributed by atoms with Gasteiger partial charge in [-0.25, -0.2) is 18.8 Å². The lowest BCUT2D eigenvalue weighted by molar-refractivity contribution is 0.564. The lowest BCUT2D eigenvalue weighted by atomic mass is 10.1. The van der Waals surface area contributed by atoms with Gasteiger partial charge in [-0.15, -0.1) is 0 Å². The fraction of sp³-hybridized carbons (Fsp3) is 0.0870. The van der Waals surface area contributed by atoms with Gasteiger partial charge in [0, 0.05) is 10.5 Å². The van der Waals surface area contributed by atoms with Crippen LogP contribution in [0.4, 0.5) is 21.5 Å². The maximum atomic E-state index is 12.3. The number of rotatable bonds is 4. The molecule has 0 aromatic heterocycles. The SMILES string of the molecule is CCc1ccccc1N=C=O.O=C=Nc1cccc(Br)c1.O=C=Nc1cccc(F)c1. The van der Waals surface area contributed by atoms with Crippen molar-refractivity contribution in [1.82, 2.24) is 0 Å². The van der Waals surface area contributed by atoms with Crippen LogP contribution in [0.3, 0.4) is 0 Å². The maximum absolute atomic E-state index is 12.3. The van der Waals surface area contributed by atoms with Crippen molar-refractivity contribution in [2.75, 3.05) is 0 Å². The van der Waals surface area contributed by atoms with Gasteiger partial charge in [-0.3, -0.25) is 0 Å². The first-order chi connectivity index (χ1) is 15.0. The molecule has 0 bridgehead atoms. The molecular formula is C23H17BrFN3O3. The predicted octanol–water partition coefficient (Wildman–Crippen LogP) is 6.43. The van der Waals surface area contributed by atoms with Crippen molar-refractivity contribution in [3.63, 3.8) is 0 Å². The highest BCUT2D eigenvalue weighted by Crippen LogP contribution is 2.18. The molecule has 31 heavy (non-hydrogen) atoms. The van der Waals surface area contributed by atoms with E-state index in [0.717, 1.165) is 28.2 Å². The Morgan fingerprint density at radius 3 is 1.90 bits per heavy atom. The number of isocyanates is 3. The number of para-hydroxylation sites is 1. The van der Waals surface area contributed by atoms with Crippen LogP contribution in [0.2, 0.25) is 0 Å². The Morgan fingerprint density at radius 1 is 0.774 bits per heavy atom. The first kappa shape index (κ1) is 25.2. The Morgan fingerprint density at radius 2 is 1.35 bits per heavy atom. The second-order valence-corrected chi connectivity index (χ2v) is 6.47. The number of carbonyl (C=O) groups excluding carboxylic acids is 3. The summed E-state index contributed by atoms with van der Waals surface area (Å²) in [6.07, 6.45) is 5.21. The quantitative estimate of drug-likeness (QED) is 0.317. The molecule has 6 nitrogen and oxygen atoms in total. The van der Waals surface area contributed by atoms with E-state index in [4.69, 9.17) is 0 Å². The van der Waals surface area contributed by atoms with E-state index in [1.165, 1.54) is 36.4 Å². The van der Waals surface area contributed by atoms with Crippen LogP contribution in [-0.2, 0) is 20.8 Å². The number of hydrogen-bond acceptors (Lipinski definition) is 6. The second-order valence-electron chi connectivity index (χ2n) is 5.55. The minimum Gasteiger partial charge on any atom is -0.211 e. The molecule has 0 spiro atoms. The number of hydrogen-bond donors (Lipinski definition) is 0. The van der Waals surface area contributed by atoms with Crippen molar-refractivity contribution in [2.24, 2.45) is 15.0 Å². The van der Waals surface area contributed by atoms with E-state index in [2.05, 4.69) is 30.9 Å². The molecule has 0 amide bonds. The molecule has 0 radical (unpaired) electrons. The van der Waals surface area contributed by atoms with Gasteiger partial charge in [0.25, 0.3) is 0 Å². The van der Waals surface area contributed by atoms with Gasteiger partial charge in [-0.2, -0.15) is 15.0 Å². The number of nitrogens with zero attached hydrogens (tertiary/aromatic N) is 3. The minimum atomic E-state index is -0.406. The van der Waals surface area contributed by atoms with Crippen molar-refractivity contribution < 1.29 is 18.8 Å². The predicted molar refractivity (Wildman–Crippen MR) is 120 cm³/mol. The highest BCUT2D eigenvalue weighted by molar-refractivity contribution is 9.10. The fourth-order valence-electron chi connectivity index (χ4n) is 2.16. The number of aliphatic imine (C=N–C) groups is 3. The fourth-order valence-corrected chi connectivity index (χ4v) is 2.55. The summed E-state index contributed by atoms with van der Waals surface area (Å²) in [6, 6.07) is 20.1. The van der Waals surface area contributed by atoms with Crippen LogP contribution in [0.1, 0.15) is 12.5 Å². The molecule has 0 saturated carbocycles. The van der Waals surface area contributed by atoms with Gasteiger partial charge in [0.15, 0.2) is 0 Å². The molecule has 0 heterocycles. The van der Waals surface area contributed by atoms with Crippen LogP contribution in [0.5, 0.6) is 0 Å². The molecule has 0 aliphatic heterocycles. The van der Waals surface area contributed by atoms with Gasteiger partial charge < -0.3 is 0 Å². The average Bonchev–Trinajstić information content (AvgIpc) is 2.76. The van der Waals surface area contributed by atoms with Crippen LogP contribution >= 0.6 is 15.9 Å². The van der Waals surface area contributed by atoms with E-state index in [1.54, 1.807) is 18.2 Å². The van der Waals surface area contributed by atoms with E-state index in [1.807, 2.05) is 37.3 Å². The van der Waals surface area contributed by atoms with Crippen LogP contribution in [0.25, 0.3) is 0 Å². The van der Waals surface area contributed by atoms with Crippen LogP contribution in [-0.4, -0.2) is 18.2 Å². The highest BCUT2D eigenvalue weighted by Gasteiger charge is 1.95. The Kier molecular flexibility index (Phi) is 12.3. The summed E-state index contributed by atoms with van der Waals surface area (Å²) in [5.41, 5.74) is 2.71. The van der Waals surface area contributed by atoms with Crippen molar-refractivity contribution >= 4 is 51.2 Å². The zero-order valence-corrected chi connectivity index (χ0v) is 18.0. The number of benzene rings is 3. The Hall–Kier alpha value is -3.79. The molecule has 0 aliphatic carbocycles. The van der Waals surface area contributed by atoms with Gasteiger partial charge in [-0.1, -0.05) is 53.2 Å². The van der Waals surface area contributed by atoms with E-state index in [0.29, 0.717) is 5.69 Å². The number of aryl methyl sites for hydroxylation is 1. The summed E-state index contributed by atoms with van der Waals surface area (Å²) < 4.78 is 13.2. The first-order valence-corrected chi connectivity index (χ1v) is 9.66.